The van der Waals surface area contributed by atoms with Gasteiger partial charge >= 0.3 is 11.9 Å². The number of ketones is 1. The van der Waals surface area contributed by atoms with E-state index in [1.807, 2.05) is 6.92 Å². The van der Waals surface area contributed by atoms with E-state index in [1.165, 1.54) is 35.9 Å². The molecule has 2 aliphatic rings. The normalized spacial score (nSPS) is 21.2. The number of thiazole rings is 1. The van der Waals surface area contributed by atoms with Crippen LogP contribution in [0.3, 0.4) is 0 Å². The summed E-state index contributed by atoms with van der Waals surface area (Å²) in [6, 6.07) is 0. The van der Waals surface area contributed by atoms with E-state index in [0.717, 1.165) is 11.3 Å². The molecule has 3 rings (SSSR count). The summed E-state index contributed by atoms with van der Waals surface area (Å²) in [5.74, 6) is -3.78. The highest BCUT2D eigenvalue weighted by molar-refractivity contribution is 8.00. The highest BCUT2D eigenvalue weighted by Crippen LogP contribution is 2.45. The first kappa shape index (κ1) is 23.7. The number of oxime groups is 1. The number of carboxylic acid groups (broad SMARTS) is 2. The number of nitrogens with zero attached hydrogens (tertiary/aromatic N) is 3. The molecule has 0 saturated carbocycles. The molecule has 11 nitrogen and oxygen atoms in total. The van der Waals surface area contributed by atoms with Crippen molar-refractivity contribution in [1.82, 2.24) is 9.88 Å². The van der Waals surface area contributed by atoms with Crippen LogP contribution < -0.4 is 5.73 Å². The average Bonchev–Trinajstić information content (AvgIpc) is 3.16. The summed E-state index contributed by atoms with van der Waals surface area (Å²) in [4.78, 5) is 59.1. The minimum atomic E-state index is -1.70. The van der Waals surface area contributed by atoms with Crippen molar-refractivity contribution in [2.24, 2.45) is 11.1 Å². The van der Waals surface area contributed by atoms with E-state index >= 15 is 0 Å². The number of rotatable bonds is 9. The number of amides is 1. The lowest BCUT2D eigenvalue weighted by Crippen LogP contribution is -2.62. The average molecular weight is 483 g/mol. The molecule has 0 unspecified atom stereocenters. The number of β-lactam (4-membered cyclic amide) rings is 1. The van der Waals surface area contributed by atoms with E-state index in [1.54, 1.807) is 0 Å². The minimum absolute atomic E-state index is 0.0161. The summed E-state index contributed by atoms with van der Waals surface area (Å²) < 4.78 is 0. The van der Waals surface area contributed by atoms with Crippen LogP contribution in [-0.4, -0.2) is 66.2 Å². The predicted octanol–water partition coefficient (Wildman–Crippen LogP) is 1.55. The van der Waals surface area contributed by atoms with E-state index < -0.39 is 40.5 Å². The summed E-state index contributed by atoms with van der Waals surface area (Å²) in [6.07, 6.45) is 0.252. The molecule has 1 saturated heterocycles. The molecule has 1 aromatic heterocycles. The van der Waals surface area contributed by atoms with Crippen molar-refractivity contribution in [2.75, 3.05) is 11.5 Å². The first-order valence-corrected chi connectivity index (χ1v) is 11.5. The number of carbonyl (C=O) groups excluding carboxylic acids is 2. The van der Waals surface area contributed by atoms with Gasteiger partial charge in [0.1, 0.15) is 11.4 Å². The van der Waals surface area contributed by atoms with Crippen LogP contribution in [0.15, 0.2) is 21.8 Å². The maximum absolute atomic E-state index is 13.1. The SMILES string of the molecule is CCC1=C(C(=O)O)N2C(=O)[C@@H](CC(=O)/C(=N\OC(C)(C)C(=O)O)c3csc(N)n3)[C@H]2SC1. The van der Waals surface area contributed by atoms with E-state index in [9.17, 15) is 29.4 Å². The molecular weight excluding hydrogens is 460 g/mol. The van der Waals surface area contributed by atoms with Crippen LogP contribution in [0.5, 0.6) is 0 Å². The molecule has 0 bridgehead atoms. The topological polar surface area (TPSA) is 172 Å². The maximum atomic E-state index is 13.1. The summed E-state index contributed by atoms with van der Waals surface area (Å²) in [6.45, 7) is 4.37. The number of anilines is 1. The summed E-state index contributed by atoms with van der Waals surface area (Å²) >= 11 is 2.47. The van der Waals surface area contributed by atoms with Gasteiger partial charge in [0.2, 0.25) is 11.5 Å². The second-order valence-corrected chi connectivity index (χ2v) is 9.67. The van der Waals surface area contributed by atoms with Gasteiger partial charge in [0, 0.05) is 17.6 Å². The Bertz CT molecular complexity index is 1050. The number of hydrogen-bond acceptors (Lipinski definition) is 10. The zero-order valence-electron chi connectivity index (χ0n) is 17.5. The van der Waals surface area contributed by atoms with Crippen molar-refractivity contribution in [3.63, 3.8) is 0 Å². The van der Waals surface area contributed by atoms with Crippen LogP contribution in [0, 0.1) is 5.92 Å². The Morgan fingerprint density at radius 3 is 2.59 bits per heavy atom. The molecule has 172 valence electrons. The number of nitrogen functional groups attached to an aromatic ring is 1. The van der Waals surface area contributed by atoms with Crippen molar-refractivity contribution in [3.8, 4) is 0 Å². The third-order valence-electron chi connectivity index (χ3n) is 5.10. The Kier molecular flexibility index (Phi) is 6.60. The largest absolute Gasteiger partial charge is 0.478 e. The van der Waals surface area contributed by atoms with Gasteiger partial charge < -0.3 is 20.8 Å². The van der Waals surface area contributed by atoms with Gasteiger partial charge in [-0.3, -0.25) is 14.5 Å². The Morgan fingerprint density at radius 2 is 2.06 bits per heavy atom. The van der Waals surface area contributed by atoms with Gasteiger partial charge in [0.05, 0.1) is 11.3 Å². The molecule has 0 aromatic carbocycles. The molecule has 0 radical (unpaired) electrons. The van der Waals surface area contributed by atoms with Crippen LogP contribution >= 0.6 is 23.1 Å². The van der Waals surface area contributed by atoms with Crippen LogP contribution in [0.25, 0.3) is 0 Å². The number of fused-ring (bicyclic) bond motifs is 1. The highest BCUT2D eigenvalue weighted by Gasteiger charge is 2.54. The fourth-order valence-corrected chi connectivity index (χ4v) is 5.28. The summed E-state index contributed by atoms with van der Waals surface area (Å²) in [5, 5.41) is 23.7. The van der Waals surface area contributed by atoms with Gasteiger partial charge in [0.15, 0.2) is 16.6 Å². The molecule has 0 aliphatic carbocycles. The van der Waals surface area contributed by atoms with Crippen LogP contribution in [-0.2, 0) is 24.0 Å². The zero-order valence-corrected chi connectivity index (χ0v) is 19.2. The van der Waals surface area contributed by atoms with E-state index in [2.05, 4.69) is 10.1 Å². The minimum Gasteiger partial charge on any atom is -0.478 e. The molecule has 1 aromatic rings. The smallest absolute Gasteiger partial charge is 0.352 e. The molecule has 32 heavy (non-hydrogen) atoms. The molecule has 13 heteroatoms. The Morgan fingerprint density at radius 1 is 1.38 bits per heavy atom. The van der Waals surface area contributed by atoms with Gasteiger partial charge in [-0.2, -0.15) is 0 Å². The van der Waals surface area contributed by atoms with Gasteiger partial charge in [-0.1, -0.05) is 12.1 Å². The Balaban J connectivity index is 1.83. The highest BCUT2D eigenvalue weighted by atomic mass is 32.2. The third-order valence-corrected chi connectivity index (χ3v) is 7.17. The second-order valence-electron chi connectivity index (χ2n) is 7.67. The van der Waals surface area contributed by atoms with Gasteiger partial charge in [0.25, 0.3) is 0 Å². The van der Waals surface area contributed by atoms with Crippen molar-refractivity contribution in [3.05, 3.63) is 22.3 Å². The van der Waals surface area contributed by atoms with Crippen molar-refractivity contribution in [2.45, 2.75) is 44.6 Å². The van der Waals surface area contributed by atoms with E-state index in [4.69, 9.17) is 10.6 Å². The maximum Gasteiger partial charge on any atom is 0.352 e. The van der Waals surface area contributed by atoms with Crippen molar-refractivity contribution in [1.29, 1.82) is 0 Å². The number of nitrogens with two attached hydrogens (primary N) is 1. The monoisotopic (exact) mass is 482 g/mol. The lowest BCUT2D eigenvalue weighted by atomic mass is 9.89. The van der Waals surface area contributed by atoms with E-state index in [0.29, 0.717) is 17.7 Å². The molecular formula is C19H22N4O7S2. The Hall–Kier alpha value is -2.93. The third kappa shape index (κ3) is 4.35. The van der Waals surface area contributed by atoms with Gasteiger partial charge in [-0.15, -0.1) is 23.1 Å². The first-order valence-electron chi connectivity index (χ1n) is 9.62. The molecule has 0 spiro atoms. The fraction of sp³-hybridized carbons (Fsp3) is 0.474. The number of thioether (sulfide) groups is 1. The van der Waals surface area contributed by atoms with Gasteiger partial charge in [-0.05, 0) is 25.8 Å². The lowest BCUT2D eigenvalue weighted by molar-refractivity contribution is -0.161. The number of Topliss-reactive ketones (excluding diaryl/α,β-unsaturated/α-hetero) is 1. The number of aliphatic carboxylic acids is 2. The second kappa shape index (κ2) is 8.90. The molecule has 1 amide bonds. The predicted molar refractivity (Wildman–Crippen MR) is 117 cm³/mol. The summed E-state index contributed by atoms with van der Waals surface area (Å²) in [7, 11) is 0. The zero-order chi connectivity index (χ0) is 23.8. The number of hydrogen-bond donors (Lipinski definition) is 3. The molecule has 4 N–H and O–H groups in total. The quantitative estimate of drug-likeness (QED) is 0.266. The van der Waals surface area contributed by atoms with Gasteiger partial charge in [-0.25, -0.2) is 14.6 Å². The van der Waals surface area contributed by atoms with Crippen molar-refractivity contribution >= 4 is 57.6 Å². The molecule has 2 aliphatic heterocycles. The molecule has 3 heterocycles. The van der Waals surface area contributed by atoms with Crippen LogP contribution in [0.1, 0.15) is 39.3 Å². The standard InChI is InChI=1S/C19H22N4O7S2/c1-4-8-6-31-15-9(14(25)23(15)13(8)16(26)27)5-11(24)12(10-7-32-18(20)21-10)22-30-19(2,3)17(28)29/h7,9,15H,4-6H2,1-3H3,(H2,20,21)(H,26,27)(H,28,29)/b22-12-/t9-,15-/m1/s1. The van der Waals surface area contributed by atoms with Crippen LogP contribution in [0.4, 0.5) is 5.13 Å². The van der Waals surface area contributed by atoms with Crippen LogP contribution in [0.2, 0.25) is 0 Å². The lowest BCUT2D eigenvalue weighted by Gasteiger charge is -2.49. The van der Waals surface area contributed by atoms with Crippen molar-refractivity contribution < 1.29 is 34.2 Å². The number of carbonyl (C=O) groups is 4. The molecule has 2 atom stereocenters. The number of carboxylic acids is 2. The van der Waals surface area contributed by atoms with E-state index in [-0.39, 0.29) is 28.7 Å². The summed E-state index contributed by atoms with van der Waals surface area (Å²) in [5.41, 5.74) is 4.46. The fourth-order valence-electron chi connectivity index (χ4n) is 3.22. The molecule has 1 fully saturated rings. The Labute approximate surface area is 191 Å². The first-order chi connectivity index (χ1) is 15.0. The number of aromatic nitrogens is 1.